The van der Waals surface area contributed by atoms with Gasteiger partial charge in [-0.05, 0) is 51.4 Å². The number of halogens is 5. The third-order valence-electron chi connectivity index (χ3n) is 2.23. The van der Waals surface area contributed by atoms with Crippen molar-refractivity contribution in [3.8, 4) is 0 Å². The predicted octanol–water partition coefficient (Wildman–Crippen LogP) is 4.21. The van der Waals surface area contributed by atoms with Crippen LogP contribution >= 0.6 is 31.9 Å². The van der Waals surface area contributed by atoms with E-state index in [1.165, 1.54) is 0 Å². The van der Waals surface area contributed by atoms with Crippen LogP contribution in [-0.2, 0) is 0 Å². The Labute approximate surface area is 114 Å². The second-order valence-electron chi connectivity index (χ2n) is 3.52. The minimum Gasteiger partial charge on any atom is -0.312 e. The van der Waals surface area contributed by atoms with Gasteiger partial charge in [0.2, 0.25) is 0 Å². The van der Waals surface area contributed by atoms with E-state index in [-0.39, 0.29) is 6.42 Å². The Morgan fingerprint density at radius 3 is 2.53 bits per heavy atom. The van der Waals surface area contributed by atoms with Crippen LogP contribution in [0.2, 0.25) is 0 Å². The average molecular weight is 376 g/mol. The zero-order valence-electron chi connectivity index (χ0n) is 8.98. The van der Waals surface area contributed by atoms with Crippen LogP contribution in [0.3, 0.4) is 0 Å². The lowest BCUT2D eigenvalue weighted by molar-refractivity contribution is -0.136. The van der Waals surface area contributed by atoms with Crippen LogP contribution in [0.25, 0.3) is 0 Å². The molecule has 0 amide bonds. The first-order valence-corrected chi connectivity index (χ1v) is 6.47. The Morgan fingerprint density at radius 2 is 2.06 bits per heavy atom. The minimum atomic E-state index is -4.14. The van der Waals surface area contributed by atoms with Gasteiger partial charge in [-0.25, -0.2) is 0 Å². The van der Waals surface area contributed by atoms with Crippen LogP contribution in [0.5, 0.6) is 0 Å². The summed E-state index contributed by atoms with van der Waals surface area (Å²) in [6.07, 6.45) is -3.44. The molecule has 1 unspecified atom stereocenters. The zero-order valence-corrected chi connectivity index (χ0v) is 12.2. The fourth-order valence-corrected chi connectivity index (χ4v) is 2.67. The number of rotatable bonds is 4. The topological polar surface area (TPSA) is 24.9 Å². The first kappa shape index (κ1) is 14.9. The van der Waals surface area contributed by atoms with E-state index in [2.05, 4.69) is 42.2 Å². The van der Waals surface area contributed by atoms with Gasteiger partial charge in [0.1, 0.15) is 0 Å². The second kappa shape index (κ2) is 6.15. The molecule has 7 heteroatoms. The summed E-state index contributed by atoms with van der Waals surface area (Å²) in [6, 6.07) is 1.35. The van der Waals surface area contributed by atoms with Crippen LogP contribution in [0.1, 0.15) is 24.6 Å². The summed E-state index contributed by atoms with van der Waals surface area (Å²) in [6.45, 7) is 0. The van der Waals surface area contributed by atoms with Crippen molar-refractivity contribution < 1.29 is 13.2 Å². The molecule has 1 N–H and O–H groups in total. The standard InChI is InChI=1S/C10H11Br2F3N2/c1-16-8(2-3-10(13,14)15)9-7(12)4-6(11)5-17-9/h4-5,8,16H,2-3H2,1H3. The Hall–Kier alpha value is -0.140. The molecule has 0 radical (unpaired) electrons. The number of nitrogens with zero attached hydrogens (tertiary/aromatic N) is 1. The monoisotopic (exact) mass is 374 g/mol. The van der Waals surface area contributed by atoms with Crippen molar-refractivity contribution in [2.45, 2.75) is 25.1 Å². The molecule has 1 atom stereocenters. The molecule has 0 aliphatic rings. The Balaban J connectivity index is 2.79. The number of nitrogens with one attached hydrogen (secondary N) is 1. The molecule has 0 spiro atoms. The summed E-state index contributed by atoms with van der Waals surface area (Å²) in [4.78, 5) is 4.13. The molecular weight excluding hydrogens is 365 g/mol. The van der Waals surface area contributed by atoms with Crippen LogP contribution in [-0.4, -0.2) is 18.2 Å². The predicted molar refractivity (Wildman–Crippen MR) is 66.7 cm³/mol. The van der Waals surface area contributed by atoms with Crippen molar-refractivity contribution in [3.05, 3.63) is 26.9 Å². The molecule has 1 aromatic rings. The number of aromatic nitrogens is 1. The highest BCUT2D eigenvalue weighted by Gasteiger charge is 2.29. The van der Waals surface area contributed by atoms with Crippen LogP contribution in [0.4, 0.5) is 13.2 Å². The first-order valence-electron chi connectivity index (χ1n) is 4.88. The molecule has 0 aromatic carbocycles. The van der Waals surface area contributed by atoms with Crippen molar-refractivity contribution in [2.75, 3.05) is 7.05 Å². The van der Waals surface area contributed by atoms with Gasteiger partial charge in [-0.3, -0.25) is 4.98 Å². The maximum absolute atomic E-state index is 12.2. The molecular formula is C10H11Br2F3N2. The Bertz CT molecular complexity index is 382. The third-order valence-corrected chi connectivity index (χ3v) is 3.30. The van der Waals surface area contributed by atoms with Gasteiger partial charge in [0.25, 0.3) is 0 Å². The summed E-state index contributed by atoms with van der Waals surface area (Å²) in [5.74, 6) is 0. The maximum atomic E-state index is 12.2. The smallest absolute Gasteiger partial charge is 0.312 e. The summed E-state index contributed by atoms with van der Waals surface area (Å²) in [5.41, 5.74) is 0.583. The van der Waals surface area contributed by atoms with Crippen molar-refractivity contribution >= 4 is 31.9 Å². The molecule has 1 heterocycles. The van der Waals surface area contributed by atoms with Crippen molar-refractivity contribution in [3.63, 3.8) is 0 Å². The van der Waals surface area contributed by atoms with Crippen LogP contribution < -0.4 is 5.32 Å². The Kier molecular flexibility index (Phi) is 5.40. The van der Waals surface area contributed by atoms with Crippen molar-refractivity contribution in [1.29, 1.82) is 0 Å². The Morgan fingerprint density at radius 1 is 1.41 bits per heavy atom. The lowest BCUT2D eigenvalue weighted by atomic mass is 10.1. The minimum absolute atomic E-state index is 0.0345. The first-order chi connectivity index (χ1) is 7.83. The van der Waals surface area contributed by atoms with E-state index in [4.69, 9.17) is 0 Å². The van der Waals surface area contributed by atoms with Crippen molar-refractivity contribution in [2.24, 2.45) is 0 Å². The van der Waals surface area contributed by atoms with E-state index in [9.17, 15) is 13.2 Å². The molecule has 0 aliphatic carbocycles. The van der Waals surface area contributed by atoms with E-state index in [1.54, 1.807) is 19.3 Å². The number of alkyl halides is 3. The molecule has 1 aromatic heterocycles. The second-order valence-corrected chi connectivity index (χ2v) is 5.29. The van der Waals surface area contributed by atoms with Gasteiger partial charge < -0.3 is 5.32 Å². The fraction of sp³-hybridized carbons (Fsp3) is 0.500. The molecule has 0 fully saturated rings. The van der Waals surface area contributed by atoms with E-state index < -0.39 is 18.6 Å². The zero-order chi connectivity index (χ0) is 13.1. The highest BCUT2D eigenvalue weighted by molar-refractivity contribution is 9.11. The number of hydrogen-bond acceptors (Lipinski definition) is 2. The largest absolute Gasteiger partial charge is 0.389 e. The molecule has 96 valence electrons. The average Bonchev–Trinajstić information content (AvgIpc) is 2.19. The number of hydrogen-bond donors (Lipinski definition) is 1. The summed E-state index contributed by atoms with van der Waals surface area (Å²) in [5, 5.41) is 2.84. The van der Waals surface area contributed by atoms with Gasteiger partial charge in [0.15, 0.2) is 0 Å². The molecule has 0 saturated heterocycles. The molecule has 0 aliphatic heterocycles. The fourth-order valence-electron chi connectivity index (χ4n) is 1.41. The van der Waals surface area contributed by atoms with Crippen molar-refractivity contribution in [1.82, 2.24) is 10.3 Å². The number of pyridine rings is 1. The van der Waals surface area contributed by atoms with Crippen LogP contribution in [0, 0.1) is 0 Å². The SMILES string of the molecule is CNC(CCC(F)(F)F)c1ncc(Br)cc1Br. The molecule has 1 rings (SSSR count). The quantitative estimate of drug-likeness (QED) is 0.852. The van der Waals surface area contributed by atoms with Gasteiger partial charge in [-0.2, -0.15) is 13.2 Å². The van der Waals surface area contributed by atoms with E-state index in [0.29, 0.717) is 10.2 Å². The van der Waals surface area contributed by atoms with Gasteiger partial charge in [-0.1, -0.05) is 0 Å². The summed E-state index contributed by atoms with van der Waals surface area (Å²) in [7, 11) is 1.62. The van der Waals surface area contributed by atoms with E-state index >= 15 is 0 Å². The lowest BCUT2D eigenvalue weighted by Gasteiger charge is -2.18. The van der Waals surface area contributed by atoms with E-state index in [1.807, 2.05) is 0 Å². The summed E-state index contributed by atoms with van der Waals surface area (Å²) < 4.78 is 38.0. The van der Waals surface area contributed by atoms with E-state index in [0.717, 1.165) is 4.47 Å². The molecule has 2 nitrogen and oxygen atoms in total. The normalized spacial score (nSPS) is 13.8. The lowest BCUT2D eigenvalue weighted by Crippen LogP contribution is -2.21. The van der Waals surface area contributed by atoms with Gasteiger partial charge in [0.05, 0.1) is 11.7 Å². The summed E-state index contributed by atoms with van der Waals surface area (Å²) >= 11 is 6.54. The maximum Gasteiger partial charge on any atom is 0.389 e. The molecule has 0 bridgehead atoms. The highest BCUT2D eigenvalue weighted by Crippen LogP contribution is 2.30. The van der Waals surface area contributed by atoms with Gasteiger partial charge in [0, 0.05) is 21.6 Å². The van der Waals surface area contributed by atoms with Gasteiger partial charge in [-0.15, -0.1) is 0 Å². The van der Waals surface area contributed by atoms with Gasteiger partial charge >= 0.3 is 6.18 Å². The molecule has 0 saturated carbocycles. The third kappa shape index (κ3) is 4.93. The molecule has 17 heavy (non-hydrogen) atoms. The highest BCUT2D eigenvalue weighted by atomic mass is 79.9. The van der Waals surface area contributed by atoms with Crippen LogP contribution in [0.15, 0.2) is 21.2 Å².